The predicted octanol–water partition coefficient (Wildman–Crippen LogP) is 3.21. The van der Waals surface area contributed by atoms with Gasteiger partial charge >= 0.3 is 6.18 Å². The number of alkyl halides is 3. The summed E-state index contributed by atoms with van der Waals surface area (Å²) in [7, 11) is 0. The average molecular weight is 182 g/mol. The normalized spacial score (nSPS) is 21.6. The van der Waals surface area contributed by atoms with Crippen molar-refractivity contribution in [2.75, 3.05) is 5.75 Å². The van der Waals surface area contributed by atoms with Crippen LogP contribution in [0.25, 0.3) is 0 Å². The molecule has 0 aromatic heterocycles. The molecule has 1 atom stereocenters. The molecule has 1 heterocycles. The molecule has 1 aliphatic rings. The highest BCUT2D eigenvalue weighted by Crippen LogP contribution is 2.39. The second kappa shape index (κ2) is 3.09. The minimum absolute atomic E-state index is 0.484. The monoisotopic (exact) mass is 182 g/mol. The number of hydrogen-bond acceptors (Lipinski definition) is 1. The van der Waals surface area contributed by atoms with E-state index in [9.17, 15) is 13.2 Å². The van der Waals surface area contributed by atoms with Crippen LogP contribution >= 0.6 is 11.8 Å². The molecular weight excluding hydrogens is 173 g/mol. The summed E-state index contributed by atoms with van der Waals surface area (Å²) in [6.07, 6.45) is -1.60. The lowest BCUT2D eigenvalue weighted by Crippen LogP contribution is -2.20. The Kier molecular flexibility index (Phi) is 2.52. The van der Waals surface area contributed by atoms with Crippen LogP contribution in [0.1, 0.15) is 13.3 Å². The molecular formula is C7H9F3S. The van der Waals surface area contributed by atoms with Crippen molar-refractivity contribution in [3.05, 3.63) is 11.0 Å². The molecule has 0 nitrogen and oxygen atoms in total. The van der Waals surface area contributed by atoms with Gasteiger partial charge in [-0.1, -0.05) is 6.08 Å². The van der Waals surface area contributed by atoms with Crippen molar-refractivity contribution < 1.29 is 13.2 Å². The first kappa shape index (κ1) is 8.97. The van der Waals surface area contributed by atoms with E-state index in [-0.39, 0.29) is 0 Å². The van der Waals surface area contributed by atoms with Crippen LogP contribution in [-0.4, -0.2) is 11.9 Å². The molecule has 0 bridgehead atoms. The Balaban J connectivity index is 2.60. The minimum Gasteiger partial charge on any atom is -0.170 e. The Bertz CT molecular complexity index is 171. The van der Waals surface area contributed by atoms with Crippen LogP contribution in [0, 0.1) is 5.92 Å². The Morgan fingerprint density at radius 3 is 2.55 bits per heavy atom. The summed E-state index contributed by atoms with van der Waals surface area (Å²) < 4.78 is 36.1. The number of allylic oxidation sites excluding steroid dienone is 2. The standard InChI is InChI=1S/C7H9F3S/c1-5(7(8,9)10)6-3-2-4-11-6/h3,5H,2,4H2,1H3. The first-order chi connectivity index (χ1) is 5.02. The molecule has 1 aliphatic heterocycles. The highest BCUT2D eigenvalue weighted by molar-refractivity contribution is 8.03. The summed E-state index contributed by atoms with van der Waals surface area (Å²) in [4.78, 5) is 0.484. The summed E-state index contributed by atoms with van der Waals surface area (Å²) in [5.41, 5.74) is 0. The van der Waals surface area contributed by atoms with Crippen molar-refractivity contribution >= 4 is 11.8 Å². The van der Waals surface area contributed by atoms with Crippen molar-refractivity contribution in [1.82, 2.24) is 0 Å². The highest BCUT2D eigenvalue weighted by atomic mass is 32.2. The number of hydrogen-bond donors (Lipinski definition) is 0. The van der Waals surface area contributed by atoms with Gasteiger partial charge in [-0.3, -0.25) is 0 Å². The number of rotatable bonds is 1. The zero-order chi connectivity index (χ0) is 8.48. The van der Waals surface area contributed by atoms with Crippen LogP contribution in [0.15, 0.2) is 11.0 Å². The van der Waals surface area contributed by atoms with E-state index in [2.05, 4.69) is 0 Å². The van der Waals surface area contributed by atoms with Crippen LogP contribution in [0.2, 0.25) is 0 Å². The summed E-state index contributed by atoms with van der Waals surface area (Å²) in [5.74, 6) is -0.467. The van der Waals surface area contributed by atoms with E-state index in [0.717, 1.165) is 12.2 Å². The molecule has 0 aromatic rings. The number of halogens is 3. The molecule has 64 valence electrons. The van der Waals surface area contributed by atoms with Gasteiger partial charge in [0.25, 0.3) is 0 Å². The van der Waals surface area contributed by atoms with Crippen molar-refractivity contribution in [2.45, 2.75) is 19.5 Å². The van der Waals surface area contributed by atoms with Gasteiger partial charge in [0.1, 0.15) is 0 Å². The van der Waals surface area contributed by atoms with Gasteiger partial charge in [0, 0.05) is 5.75 Å². The van der Waals surface area contributed by atoms with Gasteiger partial charge in [0.15, 0.2) is 0 Å². The lowest BCUT2D eigenvalue weighted by molar-refractivity contribution is -0.157. The Morgan fingerprint density at radius 1 is 1.55 bits per heavy atom. The molecule has 0 saturated carbocycles. The van der Waals surface area contributed by atoms with E-state index in [1.165, 1.54) is 18.7 Å². The van der Waals surface area contributed by atoms with Gasteiger partial charge < -0.3 is 0 Å². The first-order valence-electron chi connectivity index (χ1n) is 3.41. The van der Waals surface area contributed by atoms with Crippen molar-refractivity contribution in [2.24, 2.45) is 5.92 Å². The summed E-state index contributed by atoms with van der Waals surface area (Å²) in [6, 6.07) is 0. The van der Waals surface area contributed by atoms with E-state index in [0.29, 0.717) is 4.91 Å². The zero-order valence-corrected chi connectivity index (χ0v) is 6.93. The van der Waals surface area contributed by atoms with Crippen LogP contribution in [0.4, 0.5) is 13.2 Å². The molecule has 0 aliphatic carbocycles. The Hall–Kier alpha value is -0.120. The van der Waals surface area contributed by atoms with Gasteiger partial charge in [-0.05, 0) is 18.2 Å². The molecule has 0 N–H and O–H groups in total. The first-order valence-corrected chi connectivity index (χ1v) is 4.40. The maximum absolute atomic E-state index is 12.0. The van der Waals surface area contributed by atoms with E-state index in [1.54, 1.807) is 6.08 Å². The molecule has 1 unspecified atom stereocenters. The third-order valence-corrected chi connectivity index (χ3v) is 2.94. The smallest absolute Gasteiger partial charge is 0.170 e. The molecule has 0 amide bonds. The largest absolute Gasteiger partial charge is 0.395 e. The fourth-order valence-corrected chi connectivity index (χ4v) is 1.99. The van der Waals surface area contributed by atoms with Crippen LogP contribution in [0.5, 0.6) is 0 Å². The molecule has 0 fully saturated rings. The predicted molar refractivity (Wildman–Crippen MR) is 40.4 cm³/mol. The van der Waals surface area contributed by atoms with E-state index >= 15 is 0 Å². The maximum atomic E-state index is 12.0. The molecule has 0 spiro atoms. The highest BCUT2D eigenvalue weighted by Gasteiger charge is 2.38. The van der Waals surface area contributed by atoms with Crippen molar-refractivity contribution in [3.63, 3.8) is 0 Å². The second-order valence-electron chi connectivity index (χ2n) is 2.51. The Morgan fingerprint density at radius 2 is 2.18 bits per heavy atom. The van der Waals surface area contributed by atoms with Crippen LogP contribution < -0.4 is 0 Å². The molecule has 0 aromatic carbocycles. The second-order valence-corrected chi connectivity index (χ2v) is 3.68. The average Bonchev–Trinajstić information content (AvgIpc) is 2.34. The lowest BCUT2D eigenvalue weighted by atomic mass is 10.1. The van der Waals surface area contributed by atoms with Gasteiger partial charge in [0.2, 0.25) is 0 Å². The summed E-state index contributed by atoms with van der Waals surface area (Å²) >= 11 is 1.32. The quantitative estimate of drug-likeness (QED) is 0.600. The molecule has 0 saturated heterocycles. The minimum atomic E-state index is -4.07. The van der Waals surface area contributed by atoms with Gasteiger partial charge in [0.05, 0.1) is 5.92 Å². The third kappa shape index (κ3) is 2.15. The van der Waals surface area contributed by atoms with Crippen molar-refractivity contribution in [1.29, 1.82) is 0 Å². The van der Waals surface area contributed by atoms with Crippen LogP contribution in [-0.2, 0) is 0 Å². The molecule has 1 rings (SSSR count). The summed E-state index contributed by atoms with van der Waals surface area (Å²) in [6.45, 7) is 1.21. The van der Waals surface area contributed by atoms with E-state index in [1.807, 2.05) is 0 Å². The van der Waals surface area contributed by atoms with Gasteiger partial charge in [-0.25, -0.2) is 0 Å². The summed E-state index contributed by atoms with van der Waals surface area (Å²) in [5, 5.41) is 0. The van der Waals surface area contributed by atoms with E-state index < -0.39 is 12.1 Å². The fraction of sp³-hybridized carbons (Fsp3) is 0.714. The van der Waals surface area contributed by atoms with Gasteiger partial charge in [-0.15, -0.1) is 11.8 Å². The van der Waals surface area contributed by atoms with Gasteiger partial charge in [-0.2, -0.15) is 13.2 Å². The molecule has 11 heavy (non-hydrogen) atoms. The third-order valence-electron chi connectivity index (χ3n) is 1.65. The molecule has 4 heteroatoms. The van der Waals surface area contributed by atoms with Crippen molar-refractivity contribution in [3.8, 4) is 0 Å². The molecule has 0 radical (unpaired) electrons. The maximum Gasteiger partial charge on any atom is 0.395 e. The lowest BCUT2D eigenvalue weighted by Gasteiger charge is -2.15. The fourth-order valence-electron chi connectivity index (χ4n) is 0.900. The van der Waals surface area contributed by atoms with Crippen LogP contribution in [0.3, 0.4) is 0 Å². The van der Waals surface area contributed by atoms with E-state index in [4.69, 9.17) is 0 Å². The Labute approximate surface area is 67.9 Å². The topological polar surface area (TPSA) is 0 Å². The SMILES string of the molecule is CC(C1=CCCS1)C(F)(F)F. The number of thioether (sulfide) groups is 1. The zero-order valence-electron chi connectivity index (χ0n) is 6.11.